The molecule has 0 amide bonds. The summed E-state index contributed by atoms with van der Waals surface area (Å²) in [7, 11) is 0. The van der Waals surface area contributed by atoms with Gasteiger partial charge in [-0.2, -0.15) is 5.10 Å². The number of aromatic nitrogens is 2. The molecule has 0 fully saturated rings. The van der Waals surface area contributed by atoms with Crippen LogP contribution in [0.15, 0.2) is 54.6 Å². The Balaban J connectivity index is 2.12. The van der Waals surface area contributed by atoms with Gasteiger partial charge in [0, 0.05) is 11.6 Å². The predicted octanol–water partition coefficient (Wildman–Crippen LogP) is 3.91. The summed E-state index contributed by atoms with van der Waals surface area (Å²) in [5.74, 6) is -0.0106. The molecule has 5 heteroatoms. The third-order valence-electron chi connectivity index (χ3n) is 2.97. The summed E-state index contributed by atoms with van der Waals surface area (Å²) in [4.78, 5) is 0. The molecule has 2 aromatic carbocycles. The van der Waals surface area contributed by atoms with E-state index in [0.717, 1.165) is 5.69 Å². The van der Waals surface area contributed by atoms with E-state index in [1.807, 2.05) is 30.3 Å². The summed E-state index contributed by atoms with van der Waals surface area (Å²) in [6.45, 7) is 0. The second-order valence-electron chi connectivity index (χ2n) is 4.30. The minimum absolute atomic E-state index is 0.0465. The van der Waals surface area contributed by atoms with Crippen LogP contribution in [0.4, 0.5) is 10.2 Å². The molecule has 0 aliphatic carbocycles. The van der Waals surface area contributed by atoms with E-state index < -0.39 is 5.82 Å². The zero-order valence-corrected chi connectivity index (χ0v) is 11.2. The van der Waals surface area contributed by atoms with Gasteiger partial charge in [0.1, 0.15) is 11.6 Å². The van der Waals surface area contributed by atoms with Gasteiger partial charge in [0.25, 0.3) is 0 Å². The van der Waals surface area contributed by atoms with Crippen molar-refractivity contribution in [3.05, 3.63) is 65.4 Å². The van der Waals surface area contributed by atoms with Crippen molar-refractivity contribution in [1.82, 2.24) is 9.78 Å². The number of hydrogen-bond acceptors (Lipinski definition) is 2. The number of nitrogen functional groups attached to an aromatic ring is 1. The van der Waals surface area contributed by atoms with Gasteiger partial charge in [-0.1, -0.05) is 41.9 Å². The molecule has 20 heavy (non-hydrogen) atoms. The first-order valence-corrected chi connectivity index (χ1v) is 6.40. The van der Waals surface area contributed by atoms with Crippen LogP contribution in [0, 0.1) is 5.82 Å². The summed E-state index contributed by atoms with van der Waals surface area (Å²) in [5.41, 5.74) is 7.86. The van der Waals surface area contributed by atoms with Crippen molar-refractivity contribution in [2.45, 2.75) is 0 Å². The molecule has 3 nitrogen and oxygen atoms in total. The second-order valence-corrected chi connectivity index (χ2v) is 4.68. The van der Waals surface area contributed by atoms with Crippen LogP contribution in [0.5, 0.6) is 0 Å². The first-order chi connectivity index (χ1) is 9.66. The van der Waals surface area contributed by atoms with Crippen molar-refractivity contribution in [3.63, 3.8) is 0 Å². The van der Waals surface area contributed by atoms with Crippen LogP contribution >= 0.6 is 11.6 Å². The fourth-order valence-electron chi connectivity index (χ4n) is 2.00. The van der Waals surface area contributed by atoms with Crippen LogP contribution in [0.25, 0.3) is 16.9 Å². The standard InChI is InChI=1S/C15H11ClFN3/c16-15-11(7-4-8-12(15)17)13-9-14(18)20(19-13)10-5-2-1-3-6-10/h1-9H,18H2. The molecule has 0 unspecified atom stereocenters. The summed E-state index contributed by atoms with van der Waals surface area (Å²) >= 11 is 5.97. The fourth-order valence-corrected chi connectivity index (χ4v) is 2.23. The van der Waals surface area contributed by atoms with E-state index in [1.54, 1.807) is 22.9 Å². The quantitative estimate of drug-likeness (QED) is 0.776. The van der Waals surface area contributed by atoms with E-state index >= 15 is 0 Å². The maximum absolute atomic E-state index is 13.5. The molecular formula is C15H11ClFN3. The van der Waals surface area contributed by atoms with Crippen LogP contribution in [0.3, 0.4) is 0 Å². The number of nitrogens with two attached hydrogens (primary N) is 1. The Morgan fingerprint density at radius 3 is 2.55 bits per heavy atom. The van der Waals surface area contributed by atoms with Crippen LogP contribution < -0.4 is 5.73 Å². The normalized spacial score (nSPS) is 10.7. The smallest absolute Gasteiger partial charge is 0.142 e. The zero-order valence-electron chi connectivity index (χ0n) is 10.4. The summed E-state index contributed by atoms with van der Waals surface area (Å²) in [6, 6.07) is 15.8. The molecule has 0 saturated heterocycles. The number of para-hydroxylation sites is 1. The van der Waals surface area contributed by atoms with Gasteiger partial charge in [-0.3, -0.25) is 0 Å². The molecule has 0 radical (unpaired) electrons. The largest absolute Gasteiger partial charge is 0.384 e. The second kappa shape index (κ2) is 4.98. The Morgan fingerprint density at radius 2 is 1.80 bits per heavy atom. The van der Waals surface area contributed by atoms with E-state index in [1.165, 1.54) is 6.07 Å². The Kier molecular flexibility index (Phi) is 3.16. The highest BCUT2D eigenvalue weighted by atomic mass is 35.5. The highest BCUT2D eigenvalue weighted by molar-refractivity contribution is 6.33. The molecule has 1 heterocycles. The van der Waals surface area contributed by atoms with Crippen molar-refractivity contribution >= 4 is 17.4 Å². The minimum atomic E-state index is -0.475. The summed E-state index contributed by atoms with van der Waals surface area (Å²) < 4.78 is 15.1. The van der Waals surface area contributed by atoms with E-state index in [2.05, 4.69) is 5.10 Å². The number of rotatable bonds is 2. The van der Waals surface area contributed by atoms with Gasteiger partial charge in [0.2, 0.25) is 0 Å². The van der Waals surface area contributed by atoms with Crippen LogP contribution in [0.1, 0.15) is 0 Å². The monoisotopic (exact) mass is 287 g/mol. The number of anilines is 1. The lowest BCUT2D eigenvalue weighted by Gasteiger charge is -2.03. The lowest BCUT2D eigenvalue weighted by molar-refractivity contribution is 0.628. The fraction of sp³-hybridized carbons (Fsp3) is 0. The molecule has 1 aromatic heterocycles. The van der Waals surface area contributed by atoms with E-state index in [4.69, 9.17) is 17.3 Å². The van der Waals surface area contributed by atoms with Crippen LogP contribution in [0.2, 0.25) is 5.02 Å². The Morgan fingerprint density at radius 1 is 1.05 bits per heavy atom. The number of hydrogen-bond donors (Lipinski definition) is 1. The number of halogens is 2. The molecule has 0 aliphatic rings. The maximum atomic E-state index is 13.5. The summed E-state index contributed by atoms with van der Waals surface area (Å²) in [5, 5.41) is 4.44. The molecule has 3 rings (SSSR count). The molecule has 3 aromatic rings. The van der Waals surface area contributed by atoms with E-state index in [9.17, 15) is 4.39 Å². The molecule has 2 N–H and O–H groups in total. The van der Waals surface area contributed by atoms with Crippen molar-refractivity contribution < 1.29 is 4.39 Å². The Labute approximate surface area is 120 Å². The lowest BCUT2D eigenvalue weighted by Crippen LogP contribution is -2.01. The third-order valence-corrected chi connectivity index (χ3v) is 3.35. The van der Waals surface area contributed by atoms with Gasteiger partial charge < -0.3 is 5.73 Å². The SMILES string of the molecule is Nc1cc(-c2cccc(F)c2Cl)nn1-c1ccccc1. The third kappa shape index (κ3) is 2.14. The Bertz CT molecular complexity index is 753. The Hall–Kier alpha value is -2.33. The van der Waals surface area contributed by atoms with Gasteiger partial charge in [-0.05, 0) is 18.2 Å². The maximum Gasteiger partial charge on any atom is 0.142 e. The lowest BCUT2D eigenvalue weighted by atomic mass is 10.1. The molecule has 100 valence electrons. The predicted molar refractivity (Wildman–Crippen MR) is 78.4 cm³/mol. The highest BCUT2D eigenvalue weighted by Gasteiger charge is 2.13. The molecule has 0 spiro atoms. The van der Waals surface area contributed by atoms with Crippen LogP contribution in [-0.4, -0.2) is 9.78 Å². The molecule has 0 atom stereocenters. The average molecular weight is 288 g/mol. The molecule has 0 saturated carbocycles. The first-order valence-electron chi connectivity index (χ1n) is 6.02. The molecule has 0 aliphatic heterocycles. The molecule has 0 bridgehead atoms. The van der Waals surface area contributed by atoms with Crippen LogP contribution in [-0.2, 0) is 0 Å². The van der Waals surface area contributed by atoms with Gasteiger partial charge in [-0.25, -0.2) is 9.07 Å². The summed E-state index contributed by atoms with van der Waals surface area (Å²) in [6.07, 6.45) is 0. The average Bonchev–Trinajstić information content (AvgIpc) is 2.85. The van der Waals surface area contributed by atoms with E-state index in [-0.39, 0.29) is 5.02 Å². The number of benzene rings is 2. The van der Waals surface area contributed by atoms with E-state index in [0.29, 0.717) is 17.1 Å². The number of nitrogens with zero attached hydrogens (tertiary/aromatic N) is 2. The van der Waals surface area contributed by atoms with Gasteiger partial charge in [0.05, 0.1) is 16.4 Å². The van der Waals surface area contributed by atoms with Gasteiger partial charge in [0.15, 0.2) is 0 Å². The van der Waals surface area contributed by atoms with Gasteiger partial charge >= 0.3 is 0 Å². The van der Waals surface area contributed by atoms with Gasteiger partial charge in [-0.15, -0.1) is 0 Å². The van der Waals surface area contributed by atoms with Crippen molar-refractivity contribution in [1.29, 1.82) is 0 Å². The van der Waals surface area contributed by atoms with Crippen molar-refractivity contribution in [2.24, 2.45) is 0 Å². The topological polar surface area (TPSA) is 43.8 Å². The highest BCUT2D eigenvalue weighted by Crippen LogP contribution is 2.30. The van der Waals surface area contributed by atoms with Crippen molar-refractivity contribution in [2.75, 3.05) is 5.73 Å². The molecular weight excluding hydrogens is 277 g/mol. The van der Waals surface area contributed by atoms with Crippen molar-refractivity contribution in [3.8, 4) is 16.9 Å². The minimum Gasteiger partial charge on any atom is -0.384 e. The first kappa shape index (κ1) is 12.7. The zero-order chi connectivity index (χ0) is 14.1.